The lowest BCUT2D eigenvalue weighted by Gasteiger charge is -2.34. The third-order valence-electron chi connectivity index (χ3n) is 12.7. The molecule has 4 aliphatic heterocycles. The zero-order chi connectivity index (χ0) is 37.5. The maximum atomic E-state index is 2.63. The summed E-state index contributed by atoms with van der Waals surface area (Å²) in [5.74, 6) is 0. The molecule has 0 saturated heterocycles. The van der Waals surface area contributed by atoms with Crippen LogP contribution in [-0.2, 0) is 0 Å². The second kappa shape index (κ2) is 11.6. The summed E-state index contributed by atoms with van der Waals surface area (Å²) in [6.07, 6.45) is 0. The average molecular weight is 787 g/mol. The molecule has 0 saturated carbocycles. The minimum Gasteiger partial charge on any atom is -0.308 e. The van der Waals surface area contributed by atoms with E-state index in [1.54, 1.807) is 20.7 Å². The third kappa shape index (κ3) is 4.36. The molecule has 0 fully saturated rings. The molecule has 0 amide bonds. The molecule has 0 aliphatic carbocycles. The van der Waals surface area contributed by atoms with Gasteiger partial charge in [-0.25, -0.2) is 0 Å². The van der Waals surface area contributed by atoms with Crippen LogP contribution in [-0.4, -0.2) is 16.1 Å². The standard InChI is InChI=1S/C50H38N2S2Si2/c1-55(2)45-29-31(51-37-17-7-11-21-41(37)53-42-22-12-8-18-38(42)51)25-27-35(45)47-33-15-5-6-16-34(33)48-36-28-26-32(30-46(36)56(3,4)50(48)49(47)55)52-39-19-9-13-23-43(39)54-44-24-14-10-20-40(44)52/h5-30H,1-4H3. The van der Waals surface area contributed by atoms with Crippen molar-refractivity contribution in [3.63, 3.8) is 0 Å². The molecule has 0 bridgehead atoms. The summed E-state index contributed by atoms with van der Waals surface area (Å²) < 4.78 is 0. The second-order valence-electron chi connectivity index (χ2n) is 16.5. The monoisotopic (exact) mass is 786 g/mol. The predicted molar refractivity (Wildman–Crippen MR) is 246 cm³/mol. The minimum absolute atomic E-state index is 1.25. The highest BCUT2D eigenvalue weighted by Crippen LogP contribution is 2.53. The summed E-state index contributed by atoms with van der Waals surface area (Å²) in [5.41, 5.74) is 13.4. The molecule has 56 heavy (non-hydrogen) atoms. The molecule has 8 aromatic carbocycles. The molecule has 6 heteroatoms. The van der Waals surface area contributed by atoms with E-state index >= 15 is 0 Å². The quantitative estimate of drug-likeness (QED) is 0.161. The summed E-state index contributed by atoms with van der Waals surface area (Å²) in [6, 6.07) is 59.7. The van der Waals surface area contributed by atoms with Gasteiger partial charge < -0.3 is 9.80 Å². The molecule has 8 aromatic rings. The lowest BCUT2D eigenvalue weighted by Crippen LogP contribution is -2.63. The molecule has 0 atom stereocenters. The first kappa shape index (κ1) is 32.9. The number of nitrogens with zero attached hydrogens (tertiary/aromatic N) is 2. The summed E-state index contributed by atoms with van der Waals surface area (Å²) in [6.45, 7) is 10.5. The maximum absolute atomic E-state index is 2.63. The van der Waals surface area contributed by atoms with Crippen molar-refractivity contribution in [3.8, 4) is 22.3 Å². The normalized spacial score (nSPS) is 15.9. The summed E-state index contributed by atoms with van der Waals surface area (Å²) in [5, 5.41) is 9.25. The van der Waals surface area contributed by atoms with Gasteiger partial charge in [-0.2, -0.15) is 0 Å². The van der Waals surface area contributed by atoms with Gasteiger partial charge in [-0.1, -0.05) is 135 Å². The van der Waals surface area contributed by atoms with E-state index in [-0.39, 0.29) is 0 Å². The molecule has 12 rings (SSSR count). The average Bonchev–Trinajstić information content (AvgIpc) is 3.60. The van der Waals surface area contributed by atoms with Crippen LogP contribution >= 0.6 is 23.5 Å². The van der Waals surface area contributed by atoms with Crippen LogP contribution < -0.4 is 30.5 Å². The lowest BCUT2D eigenvalue weighted by molar-refractivity contribution is 1.17. The number of hydrogen-bond acceptors (Lipinski definition) is 4. The van der Waals surface area contributed by atoms with Crippen LogP contribution in [0.2, 0.25) is 26.2 Å². The Kier molecular flexibility index (Phi) is 6.85. The van der Waals surface area contributed by atoms with Crippen molar-refractivity contribution < 1.29 is 0 Å². The van der Waals surface area contributed by atoms with E-state index in [1.807, 2.05) is 23.5 Å². The smallest absolute Gasteiger partial charge is 0.113 e. The van der Waals surface area contributed by atoms with Gasteiger partial charge in [0.05, 0.1) is 22.7 Å². The highest BCUT2D eigenvalue weighted by Gasteiger charge is 2.49. The zero-order valence-corrected chi connectivity index (χ0v) is 35.4. The van der Waals surface area contributed by atoms with Crippen molar-refractivity contribution in [1.29, 1.82) is 0 Å². The van der Waals surface area contributed by atoms with E-state index in [2.05, 4.69) is 194 Å². The van der Waals surface area contributed by atoms with E-state index in [4.69, 9.17) is 0 Å². The van der Waals surface area contributed by atoms with Crippen LogP contribution in [0.3, 0.4) is 0 Å². The Hall–Kier alpha value is -5.25. The molecule has 2 nitrogen and oxygen atoms in total. The van der Waals surface area contributed by atoms with Crippen molar-refractivity contribution in [3.05, 3.63) is 158 Å². The second-order valence-corrected chi connectivity index (χ2v) is 27.2. The SMILES string of the molecule is C[Si]1(C)c2cc(N3c4ccccc4Sc4ccccc43)ccc2-c2c1c1c(c3ccccc23)-c2ccc(N3c4ccccc4Sc4ccccc43)cc2[Si]1(C)C. The summed E-state index contributed by atoms with van der Waals surface area (Å²) in [4.78, 5) is 10.2. The number of benzene rings is 8. The van der Waals surface area contributed by atoms with Gasteiger partial charge in [0.2, 0.25) is 0 Å². The van der Waals surface area contributed by atoms with Gasteiger partial charge in [0, 0.05) is 31.0 Å². The number of hydrogen-bond donors (Lipinski definition) is 0. The largest absolute Gasteiger partial charge is 0.308 e. The third-order valence-corrected chi connectivity index (χ3v) is 22.3. The minimum atomic E-state index is -2.21. The van der Waals surface area contributed by atoms with Crippen molar-refractivity contribution in [1.82, 2.24) is 0 Å². The van der Waals surface area contributed by atoms with Crippen LogP contribution in [0, 0.1) is 0 Å². The summed E-state index contributed by atoms with van der Waals surface area (Å²) >= 11 is 3.75. The molecule has 4 aliphatic rings. The van der Waals surface area contributed by atoms with E-state index in [9.17, 15) is 0 Å². The zero-order valence-electron chi connectivity index (χ0n) is 31.7. The van der Waals surface area contributed by atoms with Crippen LogP contribution in [0.1, 0.15) is 0 Å². The number of anilines is 6. The Morgan fingerprint density at radius 2 is 0.696 bits per heavy atom. The van der Waals surface area contributed by atoms with Gasteiger partial charge in [0.1, 0.15) is 16.1 Å². The fourth-order valence-electron chi connectivity index (χ4n) is 10.3. The van der Waals surface area contributed by atoms with E-state index in [0.717, 1.165) is 0 Å². The predicted octanol–water partition coefficient (Wildman–Crippen LogP) is 12.3. The fraction of sp³-hybridized carbons (Fsp3) is 0.0800. The van der Waals surface area contributed by atoms with Gasteiger partial charge in [0.15, 0.2) is 0 Å². The lowest BCUT2D eigenvalue weighted by atomic mass is 9.92. The van der Waals surface area contributed by atoms with Gasteiger partial charge in [0.25, 0.3) is 0 Å². The molecular weight excluding hydrogens is 749 g/mol. The van der Waals surface area contributed by atoms with Crippen molar-refractivity contribution in [2.75, 3.05) is 9.80 Å². The molecular formula is C50H38N2S2Si2. The van der Waals surface area contributed by atoms with Gasteiger partial charge in [-0.3, -0.25) is 0 Å². The Bertz CT molecular complexity index is 2730. The van der Waals surface area contributed by atoms with E-state index in [0.29, 0.717) is 0 Å². The van der Waals surface area contributed by atoms with Gasteiger partial charge in [-0.05, 0) is 127 Å². The Labute approximate surface area is 338 Å². The van der Waals surface area contributed by atoms with Gasteiger partial charge in [-0.15, -0.1) is 0 Å². The van der Waals surface area contributed by atoms with E-state index in [1.165, 1.54) is 86.7 Å². The molecule has 0 unspecified atom stereocenters. The highest BCUT2D eigenvalue weighted by molar-refractivity contribution is 8.00. The Morgan fingerprint density at radius 1 is 0.375 bits per heavy atom. The van der Waals surface area contributed by atoms with Crippen molar-refractivity contribution in [2.24, 2.45) is 0 Å². The van der Waals surface area contributed by atoms with Crippen LogP contribution in [0.4, 0.5) is 34.1 Å². The van der Waals surface area contributed by atoms with Crippen LogP contribution in [0.25, 0.3) is 33.0 Å². The highest BCUT2D eigenvalue weighted by atomic mass is 32.2. The van der Waals surface area contributed by atoms with Crippen molar-refractivity contribution >= 4 is 105 Å². The van der Waals surface area contributed by atoms with Crippen LogP contribution in [0.5, 0.6) is 0 Å². The summed E-state index contributed by atoms with van der Waals surface area (Å²) in [7, 11) is -4.43. The topological polar surface area (TPSA) is 6.48 Å². The fourth-order valence-corrected chi connectivity index (χ4v) is 20.9. The first-order valence-corrected chi connectivity index (χ1v) is 27.2. The maximum Gasteiger partial charge on any atom is 0.113 e. The molecule has 4 heterocycles. The van der Waals surface area contributed by atoms with E-state index < -0.39 is 16.1 Å². The Balaban J connectivity index is 1.06. The molecule has 268 valence electrons. The number of para-hydroxylation sites is 4. The van der Waals surface area contributed by atoms with Crippen LogP contribution in [0.15, 0.2) is 177 Å². The number of fused-ring (bicyclic) bond motifs is 14. The first-order chi connectivity index (χ1) is 27.3. The molecule has 0 spiro atoms. The van der Waals surface area contributed by atoms with Gasteiger partial charge >= 0.3 is 0 Å². The molecule has 0 radical (unpaired) electrons. The Morgan fingerprint density at radius 3 is 1.05 bits per heavy atom. The number of rotatable bonds is 2. The molecule has 0 N–H and O–H groups in total. The van der Waals surface area contributed by atoms with Crippen molar-refractivity contribution in [2.45, 2.75) is 45.8 Å². The molecule has 0 aromatic heterocycles. The first-order valence-electron chi connectivity index (χ1n) is 19.5.